The minimum absolute atomic E-state index is 0.00830. The van der Waals surface area contributed by atoms with E-state index in [-0.39, 0.29) is 11.6 Å². The van der Waals surface area contributed by atoms with Crippen molar-refractivity contribution >= 4 is 34.8 Å². The highest BCUT2D eigenvalue weighted by Gasteiger charge is 2.40. The Morgan fingerprint density at radius 3 is 2.63 bits per heavy atom. The number of para-hydroxylation sites is 1. The van der Waals surface area contributed by atoms with Crippen LogP contribution in [0.3, 0.4) is 0 Å². The van der Waals surface area contributed by atoms with Gasteiger partial charge in [-0.05, 0) is 56.0 Å². The van der Waals surface area contributed by atoms with Gasteiger partial charge in [0.2, 0.25) is 0 Å². The van der Waals surface area contributed by atoms with Gasteiger partial charge in [0.05, 0.1) is 6.54 Å². The first-order valence-electron chi connectivity index (χ1n) is 12.1. The predicted molar refractivity (Wildman–Crippen MR) is 134 cm³/mol. The van der Waals surface area contributed by atoms with Gasteiger partial charge in [0.1, 0.15) is 17.9 Å². The summed E-state index contributed by atoms with van der Waals surface area (Å²) in [6.07, 6.45) is 7.05. The Kier molecular flexibility index (Phi) is 6.16. The summed E-state index contributed by atoms with van der Waals surface area (Å²) in [5.74, 6) is -0.296. The number of imide groups is 2. The van der Waals surface area contributed by atoms with Crippen molar-refractivity contribution in [2.75, 3.05) is 6.61 Å². The fourth-order valence-electron chi connectivity index (χ4n) is 5.01. The number of nitrogens with zero attached hydrogens (tertiary/aromatic N) is 2. The molecule has 35 heavy (non-hydrogen) atoms. The fraction of sp³-hybridized carbons (Fsp3) is 0.321. The number of ether oxygens (including phenoxy) is 1. The number of carbonyl (C=O) groups excluding carboxylic acids is 3. The van der Waals surface area contributed by atoms with Gasteiger partial charge in [-0.3, -0.25) is 19.8 Å². The van der Waals surface area contributed by atoms with Crippen LogP contribution in [0.4, 0.5) is 4.79 Å². The Bertz CT molecular complexity index is 1350. The van der Waals surface area contributed by atoms with Crippen LogP contribution in [0.1, 0.15) is 42.4 Å². The zero-order valence-corrected chi connectivity index (χ0v) is 20.0. The highest BCUT2D eigenvalue weighted by Crippen LogP contribution is 2.29. The van der Waals surface area contributed by atoms with Crippen LogP contribution < -0.4 is 10.1 Å². The average Bonchev–Trinajstić information content (AvgIpc) is 3.48. The van der Waals surface area contributed by atoms with E-state index >= 15 is 0 Å². The number of urea groups is 1. The molecule has 1 aliphatic carbocycles. The van der Waals surface area contributed by atoms with Crippen molar-refractivity contribution in [3.8, 4) is 5.75 Å². The second-order valence-electron chi connectivity index (χ2n) is 9.34. The lowest BCUT2D eigenvalue weighted by atomic mass is 10.0. The quantitative estimate of drug-likeness (QED) is 0.416. The lowest BCUT2D eigenvalue weighted by Crippen LogP contribution is -2.57. The molecule has 0 bridgehead atoms. The Balaban J connectivity index is 1.42. The number of aromatic nitrogens is 1. The standard InChI is InChI=1S/C28H29N3O4/c1-18-11-12-19(2)25(15-18)35-14-13-30-17-20(22-9-5-6-10-24(22)30)16-23-26(32)29-28(34)31(27(23)33)21-7-3-4-8-21/h5-6,9-12,15-17,21H,3-4,7-8,13-14H2,1-2H3,(H,29,32,34)/b23-16-. The Labute approximate surface area is 204 Å². The van der Waals surface area contributed by atoms with Crippen molar-refractivity contribution in [3.05, 3.63) is 70.9 Å². The number of aryl methyl sites for hydroxylation is 2. The first-order valence-corrected chi connectivity index (χ1v) is 12.1. The van der Waals surface area contributed by atoms with Crippen LogP contribution in [0.15, 0.2) is 54.2 Å². The summed E-state index contributed by atoms with van der Waals surface area (Å²) in [5.41, 5.74) is 3.96. The molecule has 0 radical (unpaired) electrons. The molecule has 7 heteroatoms. The zero-order valence-electron chi connectivity index (χ0n) is 20.0. The largest absolute Gasteiger partial charge is 0.491 e. The van der Waals surface area contributed by atoms with Crippen molar-refractivity contribution in [1.82, 2.24) is 14.8 Å². The predicted octanol–water partition coefficient (Wildman–Crippen LogP) is 4.74. The second-order valence-corrected chi connectivity index (χ2v) is 9.34. The third kappa shape index (κ3) is 4.46. The molecule has 1 saturated carbocycles. The maximum absolute atomic E-state index is 13.2. The molecule has 4 amide bonds. The summed E-state index contributed by atoms with van der Waals surface area (Å²) in [6.45, 7) is 5.14. The SMILES string of the molecule is Cc1ccc(C)c(OCCn2cc(/C=C3/C(=O)NC(=O)N(C4CCCC4)C3=O)c3ccccc32)c1. The van der Waals surface area contributed by atoms with Gasteiger partial charge < -0.3 is 9.30 Å². The third-order valence-electron chi connectivity index (χ3n) is 6.88. The molecule has 0 spiro atoms. The van der Waals surface area contributed by atoms with Gasteiger partial charge in [0.15, 0.2) is 0 Å². The fourth-order valence-corrected chi connectivity index (χ4v) is 5.01. The first-order chi connectivity index (χ1) is 16.9. The van der Waals surface area contributed by atoms with E-state index in [4.69, 9.17) is 4.74 Å². The molecule has 7 nitrogen and oxygen atoms in total. The first kappa shape index (κ1) is 22.9. The number of nitrogens with one attached hydrogen (secondary N) is 1. The Hall–Kier alpha value is -3.87. The van der Waals surface area contributed by atoms with E-state index in [1.165, 1.54) is 4.90 Å². The Morgan fingerprint density at radius 1 is 1.06 bits per heavy atom. The van der Waals surface area contributed by atoms with Crippen LogP contribution >= 0.6 is 0 Å². The number of benzene rings is 2. The number of carbonyl (C=O) groups is 3. The van der Waals surface area contributed by atoms with Gasteiger partial charge in [-0.1, -0.05) is 43.2 Å². The molecule has 2 aromatic carbocycles. The van der Waals surface area contributed by atoms with E-state index in [1.807, 2.05) is 56.4 Å². The molecule has 1 aliphatic heterocycles. The van der Waals surface area contributed by atoms with Gasteiger partial charge >= 0.3 is 6.03 Å². The smallest absolute Gasteiger partial charge is 0.331 e. The van der Waals surface area contributed by atoms with Crippen LogP contribution in [0.2, 0.25) is 0 Å². The van der Waals surface area contributed by atoms with E-state index < -0.39 is 17.8 Å². The minimum atomic E-state index is -0.649. The molecule has 5 rings (SSSR count). The molecule has 1 N–H and O–H groups in total. The lowest BCUT2D eigenvalue weighted by Gasteiger charge is -2.31. The summed E-state index contributed by atoms with van der Waals surface area (Å²) >= 11 is 0. The van der Waals surface area contributed by atoms with Crippen LogP contribution in [0.5, 0.6) is 5.75 Å². The van der Waals surface area contributed by atoms with E-state index in [1.54, 1.807) is 6.08 Å². The highest BCUT2D eigenvalue weighted by atomic mass is 16.5. The molecule has 0 atom stereocenters. The van der Waals surface area contributed by atoms with Crippen molar-refractivity contribution in [1.29, 1.82) is 0 Å². The lowest BCUT2D eigenvalue weighted by molar-refractivity contribution is -0.131. The number of hydrogen-bond acceptors (Lipinski definition) is 4. The second kappa shape index (κ2) is 9.41. The summed E-state index contributed by atoms with van der Waals surface area (Å²) in [6, 6.07) is 13.2. The topological polar surface area (TPSA) is 80.6 Å². The molecule has 180 valence electrons. The van der Waals surface area contributed by atoms with Crippen molar-refractivity contribution in [2.45, 2.75) is 52.1 Å². The van der Waals surface area contributed by atoms with E-state index in [9.17, 15) is 14.4 Å². The van der Waals surface area contributed by atoms with Gasteiger partial charge in [0, 0.05) is 28.7 Å². The normalized spacial score (nSPS) is 18.1. The third-order valence-corrected chi connectivity index (χ3v) is 6.88. The van der Waals surface area contributed by atoms with Gasteiger partial charge in [-0.15, -0.1) is 0 Å². The van der Waals surface area contributed by atoms with Crippen LogP contribution in [-0.2, 0) is 16.1 Å². The van der Waals surface area contributed by atoms with Crippen molar-refractivity contribution in [3.63, 3.8) is 0 Å². The number of fused-ring (bicyclic) bond motifs is 1. The monoisotopic (exact) mass is 471 g/mol. The number of barbiturate groups is 1. The maximum atomic E-state index is 13.2. The Morgan fingerprint density at radius 2 is 1.83 bits per heavy atom. The van der Waals surface area contributed by atoms with Crippen LogP contribution in [-0.4, -0.2) is 40.0 Å². The molecule has 2 aliphatic rings. The molecular weight excluding hydrogens is 442 g/mol. The summed E-state index contributed by atoms with van der Waals surface area (Å²) in [5, 5.41) is 3.28. The number of amides is 4. The summed E-state index contributed by atoms with van der Waals surface area (Å²) < 4.78 is 8.12. The minimum Gasteiger partial charge on any atom is -0.491 e. The zero-order chi connectivity index (χ0) is 24.5. The average molecular weight is 472 g/mol. The summed E-state index contributed by atoms with van der Waals surface area (Å²) in [4.78, 5) is 39.5. The van der Waals surface area contributed by atoms with E-state index in [0.717, 1.165) is 59.0 Å². The van der Waals surface area contributed by atoms with Gasteiger partial charge in [-0.25, -0.2) is 4.79 Å². The number of rotatable bonds is 6. The molecule has 1 aromatic heterocycles. The van der Waals surface area contributed by atoms with Crippen LogP contribution in [0.25, 0.3) is 17.0 Å². The van der Waals surface area contributed by atoms with Crippen molar-refractivity contribution < 1.29 is 19.1 Å². The molecule has 3 aromatic rings. The van der Waals surface area contributed by atoms with Crippen LogP contribution in [0, 0.1) is 13.8 Å². The number of hydrogen-bond donors (Lipinski definition) is 1. The summed E-state index contributed by atoms with van der Waals surface area (Å²) in [7, 11) is 0. The van der Waals surface area contributed by atoms with E-state index in [0.29, 0.717) is 13.2 Å². The maximum Gasteiger partial charge on any atom is 0.331 e. The molecule has 2 heterocycles. The van der Waals surface area contributed by atoms with Gasteiger partial charge in [-0.2, -0.15) is 0 Å². The molecule has 0 unspecified atom stereocenters. The molecular formula is C28H29N3O4. The molecule has 2 fully saturated rings. The van der Waals surface area contributed by atoms with Crippen molar-refractivity contribution in [2.24, 2.45) is 0 Å². The molecule has 1 saturated heterocycles. The van der Waals surface area contributed by atoms with E-state index in [2.05, 4.69) is 16.0 Å². The van der Waals surface area contributed by atoms with Gasteiger partial charge in [0.25, 0.3) is 11.8 Å². The highest BCUT2D eigenvalue weighted by molar-refractivity contribution is 6.31.